The second-order valence-corrected chi connectivity index (χ2v) is 4.56. The van der Waals surface area contributed by atoms with Crippen molar-refractivity contribution in [2.75, 3.05) is 5.43 Å². The van der Waals surface area contributed by atoms with Crippen molar-refractivity contribution in [2.45, 2.75) is 13.0 Å². The van der Waals surface area contributed by atoms with E-state index in [0.29, 0.717) is 5.69 Å². The molecule has 1 aromatic heterocycles. The van der Waals surface area contributed by atoms with Gasteiger partial charge in [0.15, 0.2) is 11.8 Å². The van der Waals surface area contributed by atoms with Crippen LogP contribution in [0, 0.1) is 0 Å². The van der Waals surface area contributed by atoms with Gasteiger partial charge in [0.2, 0.25) is 11.9 Å². The Bertz CT molecular complexity index is 728. The average molecular weight is 301 g/mol. The van der Waals surface area contributed by atoms with Gasteiger partial charge in [-0.05, 0) is 6.92 Å². The van der Waals surface area contributed by atoms with Gasteiger partial charge in [-0.1, -0.05) is 30.3 Å². The Labute approximate surface area is 125 Å². The Morgan fingerprint density at radius 1 is 1.27 bits per heavy atom. The van der Waals surface area contributed by atoms with Crippen LogP contribution in [0.25, 0.3) is 11.3 Å². The minimum atomic E-state index is -1.22. The number of nitrogens with one attached hydrogen (secondary N) is 3. The van der Waals surface area contributed by atoms with E-state index in [0.717, 1.165) is 5.56 Å². The molecule has 114 valence electrons. The van der Waals surface area contributed by atoms with Crippen molar-refractivity contribution in [2.24, 2.45) is 5.73 Å². The molecule has 0 radical (unpaired) electrons. The summed E-state index contributed by atoms with van der Waals surface area (Å²) in [4.78, 5) is 40.7. The number of hydrogen-bond acceptors (Lipinski definition) is 6. The first kappa shape index (κ1) is 15.4. The van der Waals surface area contributed by atoms with E-state index in [9.17, 15) is 14.4 Å². The highest BCUT2D eigenvalue weighted by molar-refractivity contribution is 6.03. The van der Waals surface area contributed by atoms with Gasteiger partial charge in [-0.15, -0.1) is 0 Å². The minimum absolute atomic E-state index is 0.0684. The molecule has 1 atom stereocenters. The van der Waals surface area contributed by atoms with Crippen molar-refractivity contribution in [3.8, 4) is 11.3 Å². The maximum absolute atomic E-state index is 11.7. The number of rotatable bonds is 6. The molecule has 2 rings (SSSR count). The van der Waals surface area contributed by atoms with E-state index in [4.69, 9.17) is 5.73 Å². The summed E-state index contributed by atoms with van der Waals surface area (Å²) in [5.74, 6) is -1.22. The Kier molecular flexibility index (Phi) is 4.64. The van der Waals surface area contributed by atoms with Crippen molar-refractivity contribution < 1.29 is 9.59 Å². The number of aromatic nitrogens is 2. The summed E-state index contributed by atoms with van der Waals surface area (Å²) < 4.78 is 0. The quantitative estimate of drug-likeness (QED) is 0.432. The minimum Gasteiger partial charge on any atom is -0.368 e. The highest BCUT2D eigenvalue weighted by Gasteiger charge is 2.20. The number of ketones is 1. The predicted molar refractivity (Wildman–Crippen MR) is 80.7 cm³/mol. The lowest BCUT2D eigenvalue weighted by molar-refractivity contribution is -0.128. The van der Waals surface area contributed by atoms with Crippen LogP contribution in [0.1, 0.15) is 6.92 Å². The Morgan fingerprint density at radius 3 is 2.55 bits per heavy atom. The van der Waals surface area contributed by atoms with Crippen LogP contribution < -0.4 is 22.1 Å². The third-order valence-corrected chi connectivity index (χ3v) is 2.84. The first-order valence-corrected chi connectivity index (χ1v) is 6.45. The molecule has 0 saturated carbocycles. The van der Waals surface area contributed by atoms with Gasteiger partial charge in [-0.3, -0.25) is 24.8 Å². The topological polar surface area (TPSA) is 130 Å². The lowest BCUT2D eigenvalue weighted by Crippen LogP contribution is -2.49. The lowest BCUT2D eigenvalue weighted by atomic mass is 10.1. The molecule has 22 heavy (non-hydrogen) atoms. The summed E-state index contributed by atoms with van der Waals surface area (Å²) >= 11 is 0. The highest BCUT2D eigenvalue weighted by atomic mass is 16.2. The number of carbonyl (C=O) groups excluding carboxylic acids is 2. The number of aromatic amines is 1. The fourth-order valence-corrected chi connectivity index (χ4v) is 1.79. The van der Waals surface area contributed by atoms with Crippen molar-refractivity contribution in [1.29, 1.82) is 0 Å². The number of hydrazine groups is 1. The molecule has 0 saturated heterocycles. The van der Waals surface area contributed by atoms with Crippen molar-refractivity contribution in [1.82, 2.24) is 15.4 Å². The lowest BCUT2D eigenvalue weighted by Gasteiger charge is -2.13. The van der Waals surface area contributed by atoms with E-state index in [2.05, 4.69) is 20.8 Å². The standard InChI is InChI=1S/C14H15N5O3/c1-8(20)12(13(15)22)18-19-14-16-10(7-11(21)17-14)9-5-3-2-4-6-9/h2-7,12,18H,1H3,(H2,15,22)(H2,16,17,19,21). The molecular weight excluding hydrogens is 286 g/mol. The van der Waals surface area contributed by atoms with Gasteiger partial charge < -0.3 is 5.73 Å². The molecule has 2 aromatic rings. The van der Waals surface area contributed by atoms with E-state index in [1.165, 1.54) is 13.0 Å². The molecule has 8 heteroatoms. The second-order valence-electron chi connectivity index (χ2n) is 4.56. The number of carbonyl (C=O) groups is 2. The number of amides is 1. The predicted octanol–water partition coefficient (Wildman–Crippen LogP) is -0.204. The van der Waals surface area contributed by atoms with Crippen molar-refractivity contribution in [3.05, 3.63) is 46.8 Å². The number of anilines is 1. The Hall–Kier alpha value is -3.00. The number of nitrogens with two attached hydrogens (primary N) is 1. The van der Waals surface area contributed by atoms with Crippen LogP contribution in [-0.4, -0.2) is 27.7 Å². The van der Waals surface area contributed by atoms with Crippen LogP contribution in [0.2, 0.25) is 0 Å². The number of primary amides is 1. The van der Waals surface area contributed by atoms with Gasteiger partial charge in [-0.2, -0.15) is 0 Å². The van der Waals surface area contributed by atoms with Crippen LogP contribution >= 0.6 is 0 Å². The number of benzene rings is 1. The van der Waals surface area contributed by atoms with Crippen LogP contribution in [0.3, 0.4) is 0 Å². The average Bonchev–Trinajstić information content (AvgIpc) is 2.47. The van der Waals surface area contributed by atoms with Gasteiger partial charge in [0.05, 0.1) is 5.69 Å². The normalized spacial score (nSPS) is 11.7. The molecule has 8 nitrogen and oxygen atoms in total. The molecule has 1 aromatic carbocycles. The van der Waals surface area contributed by atoms with E-state index in [1.807, 2.05) is 18.2 Å². The van der Waals surface area contributed by atoms with E-state index in [-0.39, 0.29) is 11.5 Å². The van der Waals surface area contributed by atoms with Gasteiger partial charge in [0.1, 0.15) is 0 Å². The molecule has 0 aliphatic rings. The zero-order valence-electron chi connectivity index (χ0n) is 11.8. The molecule has 5 N–H and O–H groups in total. The number of hydrogen-bond donors (Lipinski definition) is 4. The molecule has 1 unspecified atom stereocenters. The van der Waals surface area contributed by atoms with Crippen LogP contribution in [-0.2, 0) is 9.59 Å². The van der Waals surface area contributed by atoms with Crippen molar-refractivity contribution in [3.63, 3.8) is 0 Å². The smallest absolute Gasteiger partial charge is 0.252 e. The second kappa shape index (κ2) is 6.64. The molecule has 0 spiro atoms. The summed E-state index contributed by atoms with van der Waals surface area (Å²) in [7, 11) is 0. The van der Waals surface area contributed by atoms with Crippen LogP contribution in [0.5, 0.6) is 0 Å². The summed E-state index contributed by atoms with van der Waals surface area (Å²) in [5, 5.41) is 0. The number of Topliss-reactive ketones (excluding diaryl/α,β-unsaturated/α-hetero) is 1. The maximum atomic E-state index is 11.7. The first-order valence-electron chi connectivity index (χ1n) is 6.45. The fourth-order valence-electron chi connectivity index (χ4n) is 1.79. The van der Waals surface area contributed by atoms with E-state index < -0.39 is 17.7 Å². The molecule has 0 aliphatic carbocycles. The SMILES string of the molecule is CC(=O)C(NNc1nc(-c2ccccc2)cc(=O)[nH]1)C(N)=O. The Morgan fingerprint density at radius 2 is 1.95 bits per heavy atom. The largest absolute Gasteiger partial charge is 0.368 e. The van der Waals surface area contributed by atoms with Gasteiger partial charge in [0, 0.05) is 11.6 Å². The first-order chi connectivity index (χ1) is 10.5. The third kappa shape index (κ3) is 3.76. The molecule has 0 bridgehead atoms. The third-order valence-electron chi connectivity index (χ3n) is 2.84. The molecule has 1 heterocycles. The molecule has 1 amide bonds. The van der Waals surface area contributed by atoms with Gasteiger partial charge >= 0.3 is 0 Å². The zero-order chi connectivity index (χ0) is 16.1. The van der Waals surface area contributed by atoms with E-state index >= 15 is 0 Å². The fraction of sp³-hybridized carbons (Fsp3) is 0.143. The Balaban J connectivity index is 2.22. The van der Waals surface area contributed by atoms with Gasteiger partial charge in [-0.25, -0.2) is 10.4 Å². The van der Waals surface area contributed by atoms with Crippen LogP contribution in [0.15, 0.2) is 41.2 Å². The number of H-pyrrole nitrogens is 1. The van der Waals surface area contributed by atoms with Crippen LogP contribution in [0.4, 0.5) is 5.95 Å². The molecule has 0 fully saturated rings. The summed E-state index contributed by atoms with van der Waals surface area (Å²) in [6, 6.07) is 9.23. The monoisotopic (exact) mass is 301 g/mol. The molecular formula is C14H15N5O3. The zero-order valence-corrected chi connectivity index (χ0v) is 11.8. The maximum Gasteiger partial charge on any atom is 0.252 e. The molecule has 0 aliphatic heterocycles. The highest BCUT2D eigenvalue weighted by Crippen LogP contribution is 2.14. The van der Waals surface area contributed by atoms with Gasteiger partial charge in [0.25, 0.3) is 5.56 Å². The van der Waals surface area contributed by atoms with E-state index in [1.54, 1.807) is 12.1 Å². The summed E-state index contributed by atoms with van der Waals surface area (Å²) in [5.41, 5.74) is 10.9. The number of nitrogens with zero attached hydrogens (tertiary/aromatic N) is 1. The summed E-state index contributed by atoms with van der Waals surface area (Å²) in [6.07, 6.45) is 0. The van der Waals surface area contributed by atoms with Crippen molar-refractivity contribution >= 4 is 17.6 Å². The summed E-state index contributed by atoms with van der Waals surface area (Å²) in [6.45, 7) is 1.22.